The van der Waals surface area contributed by atoms with Crippen molar-refractivity contribution in [3.8, 4) is 5.75 Å². The maximum atomic E-state index is 11.2. The van der Waals surface area contributed by atoms with Gasteiger partial charge in [0.15, 0.2) is 5.78 Å². The molecule has 0 saturated carbocycles. The van der Waals surface area contributed by atoms with Crippen molar-refractivity contribution in [2.75, 3.05) is 6.61 Å². The van der Waals surface area contributed by atoms with Crippen molar-refractivity contribution < 1.29 is 15.0 Å². The fourth-order valence-electron chi connectivity index (χ4n) is 1.19. The first-order chi connectivity index (χ1) is 6.69. The van der Waals surface area contributed by atoms with Gasteiger partial charge >= 0.3 is 0 Å². The highest BCUT2D eigenvalue weighted by molar-refractivity contribution is 5.99. The number of Topliss-reactive ketones (excluding diaryl/α,β-unsaturated/α-hetero) is 1. The van der Waals surface area contributed by atoms with Crippen LogP contribution in [0, 0.1) is 0 Å². The summed E-state index contributed by atoms with van der Waals surface area (Å²) in [7, 11) is 0. The Balaban J connectivity index is 3.07. The van der Waals surface area contributed by atoms with E-state index < -0.39 is 12.4 Å². The number of benzene rings is 1. The lowest BCUT2D eigenvalue weighted by Gasteiger charge is -2.03. The van der Waals surface area contributed by atoms with E-state index in [9.17, 15) is 9.90 Å². The number of phenolic OH excluding ortho intramolecular Hbond substituents is 1. The van der Waals surface area contributed by atoms with Crippen molar-refractivity contribution in [2.24, 2.45) is 0 Å². The number of hydrogen-bond acceptors (Lipinski definition) is 3. The Kier molecular flexibility index (Phi) is 3.42. The summed E-state index contributed by atoms with van der Waals surface area (Å²) in [5.74, 6) is -0.578. The molecule has 3 heteroatoms. The van der Waals surface area contributed by atoms with Crippen LogP contribution in [-0.4, -0.2) is 22.6 Å². The van der Waals surface area contributed by atoms with E-state index in [4.69, 9.17) is 5.11 Å². The van der Waals surface area contributed by atoms with Crippen molar-refractivity contribution in [3.63, 3.8) is 0 Å². The third kappa shape index (κ3) is 2.20. The summed E-state index contributed by atoms with van der Waals surface area (Å²) in [5, 5.41) is 18.0. The van der Waals surface area contributed by atoms with Gasteiger partial charge in [-0.05, 0) is 24.1 Å². The van der Waals surface area contributed by atoms with E-state index in [0.29, 0.717) is 6.42 Å². The first-order valence-electron chi connectivity index (χ1n) is 4.26. The summed E-state index contributed by atoms with van der Waals surface area (Å²) in [5.41, 5.74) is 1.04. The van der Waals surface area contributed by atoms with Crippen LogP contribution < -0.4 is 0 Å². The van der Waals surface area contributed by atoms with Crippen LogP contribution in [0.4, 0.5) is 0 Å². The van der Waals surface area contributed by atoms with Crippen LogP contribution in [0.1, 0.15) is 15.9 Å². The molecule has 0 unspecified atom stereocenters. The molecule has 0 atom stereocenters. The molecule has 14 heavy (non-hydrogen) atoms. The monoisotopic (exact) mass is 192 g/mol. The quantitative estimate of drug-likeness (QED) is 0.558. The number of aliphatic hydroxyl groups is 1. The predicted octanol–water partition coefficient (Wildman–Crippen LogP) is 1.30. The Bertz CT molecular complexity index is 356. The summed E-state index contributed by atoms with van der Waals surface area (Å²) in [6.07, 6.45) is 2.34. The van der Waals surface area contributed by atoms with E-state index in [1.807, 2.05) is 0 Å². The molecule has 0 amide bonds. The number of carbonyl (C=O) groups is 1. The zero-order valence-electron chi connectivity index (χ0n) is 7.73. The highest BCUT2D eigenvalue weighted by atomic mass is 16.3. The Hall–Kier alpha value is -1.61. The molecule has 0 aromatic heterocycles. The van der Waals surface area contributed by atoms with Gasteiger partial charge in [0.2, 0.25) is 0 Å². The van der Waals surface area contributed by atoms with Gasteiger partial charge in [0.25, 0.3) is 0 Å². The lowest BCUT2D eigenvalue weighted by atomic mass is 10.0. The maximum Gasteiger partial charge on any atom is 0.191 e. The lowest BCUT2D eigenvalue weighted by molar-refractivity contribution is 0.0901. The van der Waals surface area contributed by atoms with E-state index in [1.165, 1.54) is 6.07 Å². The van der Waals surface area contributed by atoms with Gasteiger partial charge in [0.05, 0.1) is 5.56 Å². The number of phenols is 1. The van der Waals surface area contributed by atoms with Crippen molar-refractivity contribution in [1.82, 2.24) is 0 Å². The van der Waals surface area contributed by atoms with Crippen LogP contribution in [0.3, 0.4) is 0 Å². The smallest absolute Gasteiger partial charge is 0.191 e. The van der Waals surface area contributed by atoms with Crippen molar-refractivity contribution in [3.05, 3.63) is 42.0 Å². The standard InChI is InChI=1S/C11H12O3/c1-2-3-8-4-5-10(13)9(6-8)11(14)7-12/h2,4-6,12-13H,1,3,7H2. The highest BCUT2D eigenvalue weighted by Gasteiger charge is 2.09. The van der Waals surface area contributed by atoms with Crippen molar-refractivity contribution >= 4 is 5.78 Å². The Morgan fingerprint density at radius 3 is 2.79 bits per heavy atom. The van der Waals surface area contributed by atoms with E-state index >= 15 is 0 Å². The minimum absolute atomic E-state index is 0.100. The van der Waals surface area contributed by atoms with Crippen LogP contribution in [0.5, 0.6) is 5.75 Å². The van der Waals surface area contributed by atoms with Crippen LogP contribution in [0.25, 0.3) is 0 Å². The Labute approximate surface area is 82.3 Å². The fraction of sp³-hybridized carbons (Fsp3) is 0.182. The number of hydrogen-bond donors (Lipinski definition) is 2. The van der Waals surface area contributed by atoms with E-state index in [1.54, 1.807) is 18.2 Å². The zero-order chi connectivity index (χ0) is 10.6. The predicted molar refractivity (Wildman–Crippen MR) is 53.4 cm³/mol. The summed E-state index contributed by atoms with van der Waals surface area (Å²) >= 11 is 0. The minimum Gasteiger partial charge on any atom is -0.507 e. The number of allylic oxidation sites excluding steroid dienone is 1. The largest absolute Gasteiger partial charge is 0.507 e. The normalized spacial score (nSPS) is 9.79. The summed E-state index contributed by atoms with van der Waals surface area (Å²) in [6, 6.07) is 4.72. The summed E-state index contributed by atoms with van der Waals surface area (Å²) in [6.45, 7) is 2.98. The van der Waals surface area contributed by atoms with E-state index in [2.05, 4.69) is 6.58 Å². The fourth-order valence-corrected chi connectivity index (χ4v) is 1.19. The molecule has 1 rings (SSSR count). The molecule has 2 N–H and O–H groups in total. The van der Waals surface area contributed by atoms with Gasteiger partial charge in [-0.25, -0.2) is 0 Å². The molecule has 3 nitrogen and oxygen atoms in total. The number of aromatic hydroxyl groups is 1. The molecule has 1 aromatic rings. The second-order valence-corrected chi connectivity index (χ2v) is 2.93. The number of ketones is 1. The van der Waals surface area contributed by atoms with Crippen molar-refractivity contribution in [1.29, 1.82) is 0 Å². The topological polar surface area (TPSA) is 57.5 Å². The van der Waals surface area contributed by atoms with Crippen LogP contribution >= 0.6 is 0 Å². The molecule has 0 fully saturated rings. The van der Waals surface area contributed by atoms with Crippen molar-refractivity contribution in [2.45, 2.75) is 6.42 Å². The molecular weight excluding hydrogens is 180 g/mol. The second-order valence-electron chi connectivity index (χ2n) is 2.93. The number of aliphatic hydroxyl groups excluding tert-OH is 1. The van der Waals surface area contributed by atoms with Gasteiger partial charge in [0, 0.05) is 0 Å². The van der Waals surface area contributed by atoms with E-state index in [0.717, 1.165) is 5.56 Å². The molecule has 0 spiro atoms. The average molecular weight is 192 g/mol. The maximum absolute atomic E-state index is 11.2. The molecule has 0 heterocycles. The number of carbonyl (C=O) groups excluding carboxylic acids is 1. The molecule has 1 aromatic carbocycles. The molecule has 0 radical (unpaired) electrons. The number of rotatable bonds is 4. The van der Waals surface area contributed by atoms with Gasteiger partial charge in [-0.1, -0.05) is 12.1 Å². The minimum atomic E-state index is -0.592. The van der Waals surface area contributed by atoms with Gasteiger partial charge in [0.1, 0.15) is 12.4 Å². The first-order valence-corrected chi connectivity index (χ1v) is 4.26. The Morgan fingerprint density at radius 1 is 1.50 bits per heavy atom. The molecule has 0 aliphatic heterocycles. The van der Waals surface area contributed by atoms with Gasteiger partial charge in [-0.2, -0.15) is 0 Å². The van der Waals surface area contributed by atoms with Gasteiger partial charge < -0.3 is 10.2 Å². The molecule has 0 aliphatic rings. The second kappa shape index (κ2) is 4.58. The Morgan fingerprint density at radius 2 is 2.21 bits per heavy atom. The molecular formula is C11H12O3. The molecule has 0 bridgehead atoms. The molecule has 0 aliphatic carbocycles. The lowest BCUT2D eigenvalue weighted by Crippen LogP contribution is -2.05. The van der Waals surface area contributed by atoms with Crippen LogP contribution in [0.15, 0.2) is 30.9 Å². The molecule has 74 valence electrons. The first kappa shape index (κ1) is 10.5. The van der Waals surface area contributed by atoms with Crippen LogP contribution in [-0.2, 0) is 6.42 Å². The summed E-state index contributed by atoms with van der Waals surface area (Å²) < 4.78 is 0. The zero-order valence-corrected chi connectivity index (χ0v) is 7.73. The van der Waals surface area contributed by atoms with E-state index in [-0.39, 0.29) is 11.3 Å². The van der Waals surface area contributed by atoms with Crippen LogP contribution in [0.2, 0.25) is 0 Å². The van der Waals surface area contributed by atoms with Gasteiger partial charge in [-0.15, -0.1) is 6.58 Å². The SMILES string of the molecule is C=CCc1ccc(O)c(C(=O)CO)c1. The third-order valence-corrected chi connectivity index (χ3v) is 1.89. The summed E-state index contributed by atoms with van der Waals surface area (Å²) in [4.78, 5) is 11.2. The third-order valence-electron chi connectivity index (χ3n) is 1.89. The van der Waals surface area contributed by atoms with Gasteiger partial charge in [-0.3, -0.25) is 4.79 Å². The average Bonchev–Trinajstić information content (AvgIpc) is 2.20. The molecule has 0 saturated heterocycles. The highest BCUT2D eigenvalue weighted by Crippen LogP contribution is 2.19.